The van der Waals surface area contributed by atoms with Crippen LogP contribution in [0.15, 0.2) is 72.8 Å². The van der Waals surface area contributed by atoms with E-state index in [4.69, 9.17) is 0 Å². The molecule has 0 aromatic heterocycles. The fourth-order valence-corrected chi connectivity index (χ4v) is 2.68. The Bertz CT molecular complexity index is 1160. The lowest BCUT2D eigenvalue weighted by molar-refractivity contribution is -0.384. The zero-order valence-electron chi connectivity index (χ0n) is 15.4. The largest absolute Gasteiger partial charge is 0.478 e. The first kappa shape index (κ1) is 20.2. The van der Waals surface area contributed by atoms with Gasteiger partial charge in [0.15, 0.2) is 0 Å². The van der Waals surface area contributed by atoms with Crippen molar-refractivity contribution in [2.24, 2.45) is 0 Å². The van der Waals surface area contributed by atoms with Crippen molar-refractivity contribution in [2.75, 3.05) is 10.6 Å². The second-order valence-electron chi connectivity index (χ2n) is 6.15. The molecule has 3 N–H and O–H groups in total. The Hall–Kier alpha value is -4.53. The number of nitro groups is 1. The number of anilines is 2. The van der Waals surface area contributed by atoms with Gasteiger partial charge in [0, 0.05) is 28.9 Å². The molecule has 0 bridgehead atoms. The predicted octanol–water partition coefficient (Wildman–Crippen LogP) is 3.80. The van der Waals surface area contributed by atoms with E-state index in [1.54, 1.807) is 24.3 Å². The zero-order chi connectivity index (χ0) is 21.7. The van der Waals surface area contributed by atoms with Crippen LogP contribution in [0.5, 0.6) is 0 Å². The first-order valence-electron chi connectivity index (χ1n) is 8.64. The number of carboxylic acid groups (broad SMARTS) is 1. The van der Waals surface area contributed by atoms with Crippen molar-refractivity contribution in [1.82, 2.24) is 0 Å². The molecule has 9 heteroatoms. The Kier molecular flexibility index (Phi) is 5.83. The monoisotopic (exact) mass is 405 g/mol. The Morgan fingerprint density at radius 2 is 1.43 bits per heavy atom. The minimum absolute atomic E-state index is 0.0546. The van der Waals surface area contributed by atoms with Gasteiger partial charge in [-0.05, 0) is 36.4 Å². The number of hydrogen-bond acceptors (Lipinski definition) is 5. The van der Waals surface area contributed by atoms with Crippen LogP contribution in [0.4, 0.5) is 17.1 Å². The Labute approximate surface area is 170 Å². The molecule has 0 aliphatic heterocycles. The molecule has 0 aliphatic carbocycles. The average Bonchev–Trinajstić information content (AvgIpc) is 2.74. The molecule has 0 radical (unpaired) electrons. The number of rotatable bonds is 6. The van der Waals surface area contributed by atoms with E-state index in [1.807, 2.05) is 0 Å². The number of amides is 2. The van der Waals surface area contributed by atoms with Crippen LogP contribution >= 0.6 is 0 Å². The number of para-hydroxylation sites is 1. The summed E-state index contributed by atoms with van der Waals surface area (Å²) in [5, 5.41) is 25.2. The van der Waals surface area contributed by atoms with Crippen molar-refractivity contribution in [3.63, 3.8) is 0 Å². The fourth-order valence-electron chi connectivity index (χ4n) is 2.68. The maximum absolute atomic E-state index is 12.5. The van der Waals surface area contributed by atoms with E-state index in [2.05, 4.69) is 10.6 Å². The van der Waals surface area contributed by atoms with Gasteiger partial charge in [-0.15, -0.1) is 0 Å². The lowest BCUT2D eigenvalue weighted by atomic mass is 10.1. The summed E-state index contributed by atoms with van der Waals surface area (Å²) in [6.07, 6.45) is 0. The summed E-state index contributed by atoms with van der Waals surface area (Å²) in [4.78, 5) is 46.4. The minimum Gasteiger partial charge on any atom is -0.478 e. The van der Waals surface area contributed by atoms with Gasteiger partial charge in [0.1, 0.15) is 0 Å². The SMILES string of the molecule is O=C(Nc1cccc(C(=O)Nc2ccccc2C(=O)O)c1)c1cccc([N+](=O)[O-])c1. The maximum Gasteiger partial charge on any atom is 0.337 e. The number of hydrogen-bond donors (Lipinski definition) is 3. The molecule has 0 saturated heterocycles. The van der Waals surface area contributed by atoms with Crippen molar-refractivity contribution in [1.29, 1.82) is 0 Å². The number of benzene rings is 3. The molecular formula is C21H15N3O6. The summed E-state index contributed by atoms with van der Waals surface area (Å²) in [5.74, 6) is -2.31. The smallest absolute Gasteiger partial charge is 0.337 e. The van der Waals surface area contributed by atoms with Crippen molar-refractivity contribution in [3.05, 3.63) is 99.6 Å². The lowest BCUT2D eigenvalue weighted by Gasteiger charge is -2.10. The minimum atomic E-state index is -1.18. The molecule has 0 aliphatic rings. The van der Waals surface area contributed by atoms with Gasteiger partial charge in [-0.2, -0.15) is 0 Å². The lowest BCUT2D eigenvalue weighted by Crippen LogP contribution is -2.16. The van der Waals surface area contributed by atoms with E-state index in [0.717, 1.165) is 6.07 Å². The number of nitrogens with zero attached hydrogens (tertiary/aromatic N) is 1. The summed E-state index contributed by atoms with van der Waals surface area (Å²) in [6.45, 7) is 0. The highest BCUT2D eigenvalue weighted by molar-refractivity contribution is 6.09. The van der Waals surface area contributed by atoms with Crippen molar-refractivity contribution in [3.8, 4) is 0 Å². The Morgan fingerprint density at radius 1 is 0.800 bits per heavy atom. The van der Waals surface area contributed by atoms with Gasteiger partial charge in [0.25, 0.3) is 17.5 Å². The normalized spacial score (nSPS) is 10.1. The molecule has 0 unspecified atom stereocenters. The van der Waals surface area contributed by atoms with Crippen molar-refractivity contribution < 1.29 is 24.4 Å². The molecule has 0 atom stereocenters. The summed E-state index contributed by atoms with van der Waals surface area (Å²) >= 11 is 0. The van der Waals surface area contributed by atoms with Crippen LogP contribution in [0.2, 0.25) is 0 Å². The van der Waals surface area contributed by atoms with Gasteiger partial charge in [-0.3, -0.25) is 19.7 Å². The third kappa shape index (κ3) is 4.65. The molecule has 3 aromatic rings. The van der Waals surface area contributed by atoms with E-state index in [1.165, 1.54) is 42.5 Å². The van der Waals surface area contributed by atoms with E-state index in [0.29, 0.717) is 5.69 Å². The van der Waals surface area contributed by atoms with E-state index in [9.17, 15) is 29.6 Å². The molecule has 0 saturated carbocycles. The molecule has 3 rings (SSSR count). The molecule has 0 heterocycles. The third-order valence-electron chi connectivity index (χ3n) is 4.11. The van der Waals surface area contributed by atoms with Crippen LogP contribution in [0, 0.1) is 10.1 Å². The number of carbonyl (C=O) groups is 3. The van der Waals surface area contributed by atoms with Crippen LogP contribution in [0.1, 0.15) is 31.1 Å². The van der Waals surface area contributed by atoms with Gasteiger partial charge in [-0.1, -0.05) is 24.3 Å². The summed E-state index contributed by atoms with van der Waals surface area (Å²) < 4.78 is 0. The number of carbonyl (C=O) groups excluding carboxylic acids is 2. The first-order valence-corrected chi connectivity index (χ1v) is 8.64. The van der Waals surface area contributed by atoms with E-state index >= 15 is 0 Å². The highest BCUT2D eigenvalue weighted by atomic mass is 16.6. The van der Waals surface area contributed by atoms with Gasteiger partial charge in [-0.25, -0.2) is 4.79 Å². The number of non-ortho nitro benzene ring substituents is 1. The van der Waals surface area contributed by atoms with Gasteiger partial charge < -0.3 is 15.7 Å². The summed E-state index contributed by atoms with van der Waals surface area (Å²) in [7, 11) is 0. The number of aromatic carboxylic acids is 1. The average molecular weight is 405 g/mol. The standard InChI is InChI=1S/C21H15N3O6/c25-19(14-6-4-8-16(12-14)24(29)30)22-15-7-3-5-13(11-15)20(26)23-18-10-2-1-9-17(18)21(27)28/h1-12H,(H,22,25)(H,23,26)(H,27,28). The molecular weight excluding hydrogens is 390 g/mol. The van der Waals surface area contributed by atoms with Crippen molar-refractivity contribution in [2.45, 2.75) is 0 Å². The number of carboxylic acids is 1. The van der Waals surface area contributed by atoms with Crippen LogP contribution < -0.4 is 10.6 Å². The summed E-state index contributed by atoms with van der Waals surface area (Å²) in [5.41, 5.74) is 0.446. The summed E-state index contributed by atoms with van der Waals surface area (Å²) in [6, 6.07) is 17.2. The number of nitro benzene ring substituents is 1. The van der Waals surface area contributed by atoms with Gasteiger partial charge >= 0.3 is 5.97 Å². The van der Waals surface area contributed by atoms with Gasteiger partial charge in [0.05, 0.1) is 16.2 Å². The molecule has 0 fully saturated rings. The molecule has 30 heavy (non-hydrogen) atoms. The van der Waals surface area contributed by atoms with Crippen LogP contribution in [0.25, 0.3) is 0 Å². The van der Waals surface area contributed by atoms with E-state index in [-0.39, 0.29) is 28.1 Å². The molecule has 2 amide bonds. The molecule has 3 aromatic carbocycles. The van der Waals surface area contributed by atoms with Gasteiger partial charge in [0.2, 0.25) is 0 Å². The van der Waals surface area contributed by atoms with Crippen molar-refractivity contribution >= 4 is 34.8 Å². The molecule has 0 spiro atoms. The zero-order valence-corrected chi connectivity index (χ0v) is 15.4. The topological polar surface area (TPSA) is 139 Å². The third-order valence-corrected chi connectivity index (χ3v) is 4.11. The predicted molar refractivity (Wildman–Crippen MR) is 109 cm³/mol. The second-order valence-corrected chi connectivity index (χ2v) is 6.15. The van der Waals surface area contributed by atoms with Crippen LogP contribution in [0.3, 0.4) is 0 Å². The number of nitrogens with one attached hydrogen (secondary N) is 2. The highest BCUT2D eigenvalue weighted by Gasteiger charge is 2.15. The Morgan fingerprint density at radius 3 is 2.13 bits per heavy atom. The van der Waals surface area contributed by atoms with Crippen LogP contribution in [-0.4, -0.2) is 27.8 Å². The van der Waals surface area contributed by atoms with E-state index < -0.39 is 22.7 Å². The molecule has 9 nitrogen and oxygen atoms in total. The quantitative estimate of drug-likeness (QED) is 0.421. The molecule has 150 valence electrons. The maximum atomic E-state index is 12.5. The second kappa shape index (κ2) is 8.65. The highest BCUT2D eigenvalue weighted by Crippen LogP contribution is 2.19. The first-order chi connectivity index (χ1) is 14.3. The van der Waals surface area contributed by atoms with Crippen LogP contribution in [-0.2, 0) is 0 Å². The fraction of sp³-hybridized carbons (Fsp3) is 0. The Balaban J connectivity index is 1.77.